The number of hydrogen-bond acceptors (Lipinski definition) is 4. The number of nitrogens with zero attached hydrogens (tertiary/aromatic N) is 4. The summed E-state index contributed by atoms with van der Waals surface area (Å²) >= 11 is 0. The van der Waals surface area contributed by atoms with Crippen LogP contribution in [0.1, 0.15) is 65.5 Å². The molecule has 0 bridgehead atoms. The lowest BCUT2D eigenvalue weighted by molar-refractivity contribution is -0.276. The minimum atomic E-state index is -4.76. The Morgan fingerprint density at radius 1 is 1.14 bits per heavy atom. The molecule has 0 fully saturated rings. The Hall–Kier alpha value is -2.25. The van der Waals surface area contributed by atoms with Crippen molar-refractivity contribution in [3.05, 3.63) is 30.1 Å². The Balaban J connectivity index is 2.31. The number of ether oxygens (including phenoxy) is 1. The highest BCUT2D eigenvalue weighted by molar-refractivity contribution is 5.45. The fourth-order valence-electron chi connectivity index (χ4n) is 3.02. The van der Waals surface area contributed by atoms with Crippen LogP contribution in [0.3, 0.4) is 0 Å². The maximum absolute atomic E-state index is 12.4. The number of pyridine rings is 1. The molecular weight excluding hydrogens is 381 g/mol. The van der Waals surface area contributed by atoms with Gasteiger partial charge in [0.15, 0.2) is 5.82 Å². The molecule has 29 heavy (non-hydrogen) atoms. The molecule has 0 aliphatic rings. The average Bonchev–Trinajstić information content (AvgIpc) is 3.09. The number of rotatable bonds is 10. The van der Waals surface area contributed by atoms with Gasteiger partial charge in [0.2, 0.25) is 5.88 Å². The van der Waals surface area contributed by atoms with E-state index in [0.717, 1.165) is 43.9 Å². The van der Waals surface area contributed by atoms with Gasteiger partial charge in [0.05, 0.1) is 11.9 Å². The molecule has 2 heterocycles. The van der Waals surface area contributed by atoms with Crippen molar-refractivity contribution >= 4 is 5.82 Å². The van der Waals surface area contributed by atoms with E-state index in [1.165, 1.54) is 12.3 Å². The third-order valence-corrected chi connectivity index (χ3v) is 4.91. The smallest absolute Gasteiger partial charge is 0.388 e. The van der Waals surface area contributed by atoms with Crippen molar-refractivity contribution in [3.63, 3.8) is 0 Å². The minimum Gasteiger partial charge on any atom is -0.388 e. The molecule has 1 atom stereocenters. The summed E-state index contributed by atoms with van der Waals surface area (Å²) in [4.78, 5) is 6.07. The summed E-state index contributed by atoms with van der Waals surface area (Å²) in [6, 6.07) is 4.82. The fourth-order valence-corrected chi connectivity index (χ4v) is 3.02. The Kier molecular flexibility index (Phi) is 7.93. The molecule has 5 nitrogen and oxygen atoms in total. The second-order valence-electron chi connectivity index (χ2n) is 7.69. The van der Waals surface area contributed by atoms with Gasteiger partial charge in [-0.1, -0.05) is 41.0 Å². The first kappa shape index (κ1) is 23.0. The molecule has 0 spiro atoms. The van der Waals surface area contributed by atoms with Gasteiger partial charge in [-0.15, -0.1) is 18.3 Å². The molecule has 0 saturated carbocycles. The van der Waals surface area contributed by atoms with Crippen LogP contribution in [0, 0.1) is 5.92 Å². The number of hydrogen-bond donors (Lipinski definition) is 0. The van der Waals surface area contributed by atoms with Gasteiger partial charge in [-0.05, 0) is 30.7 Å². The minimum absolute atomic E-state index is 0.195. The van der Waals surface area contributed by atoms with E-state index in [1.54, 1.807) is 10.7 Å². The predicted octanol–water partition coefficient (Wildman–Crippen LogP) is 5.94. The molecule has 2 rings (SSSR count). The number of halogens is 3. The van der Waals surface area contributed by atoms with Crippen molar-refractivity contribution < 1.29 is 17.9 Å². The normalized spacial score (nSPS) is 13.0. The van der Waals surface area contributed by atoms with Crippen molar-refractivity contribution in [2.24, 2.45) is 5.92 Å². The first-order chi connectivity index (χ1) is 13.6. The van der Waals surface area contributed by atoms with Crippen LogP contribution in [0.15, 0.2) is 24.4 Å². The number of anilines is 1. The molecule has 0 radical (unpaired) electrons. The van der Waals surface area contributed by atoms with E-state index in [0.29, 0.717) is 11.6 Å². The maximum atomic E-state index is 12.4. The molecule has 0 aliphatic carbocycles. The molecule has 0 amide bonds. The zero-order valence-electron chi connectivity index (χ0n) is 17.8. The predicted molar refractivity (Wildman–Crippen MR) is 109 cm³/mol. The monoisotopic (exact) mass is 412 g/mol. The first-order valence-corrected chi connectivity index (χ1v) is 10.2. The standard InChI is InChI=1S/C21H31F3N4O/c1-6-11-27(12-10-16(5)7-2)19-13-18(15(3)4)28(26-19)17-8-9-20(25-14-17)29-21(22,23)24/h8-9,13-16H,6-7,10-12H2,1-5H3. The largest absolute Gasteiger partial charge is 0.574 e. The van der Waals surface area contributed by atoms with Crippen LogP contribution in [-0.4, -0.2) is 34.2 Å². The van der Waals surface area contributed by atoms with Gasteiger partial charge < -0.3 is 9.64 Å². The van der Waals surface area contributed by atoms with Crippen LogP contribution in [-0.2, 0) is 0 Å². The third-order valence-electron chi connectivity index (χ3n) is 4.91. The zero-order valence-corrected chi connectivity index (χ0v) is 17.8. The van der Waals surface area contributed by atoms with E-state index < -0.39 is 12.2 Å². The molecule has 2 aromatic rings. The van der Waals surface area contributed by atoms with Crippen LogP contribution >= 0.6 is 0 Å². The first-order valence-electron chi connectivity index (χ1n) is 10.2. The lowest BCUT2D eigenvalue weighted by atomic mass is 10.1. The van der Waals surface area contributed by atoms with Crippen LogP contribution in [0.2, 0.25) is 0 Å². The van der Waals surface area contributed by atoms with Gasteiger partial charge >= 0.3 is 6.36 Å². The Morgan fingerprint density at radius 3 is 2.38 bits per heavy atom. The Morgan fingerprint density at radius 2 is 1.86 bits per heavy atom. The molecule has 1 unspecified atom stereocenters. The molecule has 0 saturated heterocycles. The molecule has 2 aromatic heterocycles. The summed E-state index contributed by atoms with van der Waals surface area (Å²) in [6.45, 7) is 12.5. The van der Waals surface area contributed by atoms with Gasteiger partial charge in [0, 0.05) is 30.9 Å². The molecule has 0 N–H and O–H groups in total. The van der Waals surface area contributed by atoms with Gasteiger partial charge in [0.25, 0.3) is 0 Å². The summed E-state index contributed by atoms with van der Waals surface area (Å²) in [7, 11) is 0. The van der Waals surface area contributed by atoms with Gasteiger partial charge in [0.1, 0.15) is 0 Å². The topological polar surface area (TPSA) is 43.2 Å². The van der Waals surface area contributed by atoms with Gasteiger partial charge in [-0.3, -0.25) is 0 Å². The summed E-state index contributed by atoms with van der Waals surface area (Å²) in [6.07, 6.45) is -0.162. The highest BCUT2D eigenvalue weighted by Crippen LogP contribution is 2.27. The quantitative estimate of drug-likeness (QED) is 0.484. The number of aromatic nitrogens is 3. The van der Waals surface area contributed by atoms with Crippen LogP contribution in [0.25, 0.3) is 5.69 Å². The highest BCUT2D eigenvalue weighted by atomic mass is 19.4. The summed E-state index contributed by atoms with van der Waals surface area (Å²) in [5.74, 6) is 1.24. The highest BCUT2D eigenvalue weighted by Gasteiger charge is 2.31. The lowest BCUT2D eigenvalue weighted by Crippen LogP contribution is -2.27. The second-order valence-corrected chi connectivity index (χ2v) is 7.69. The van der Waals surface area contributed by atoms with Gasteiger partial charge in [-0.2, -0.15) is 0 Å². The third kappa shape index (κ3) is 6.65. The second kappa shape index (κ2) is 9.98. The van der Waals surface area contributed by atoms with E-state index in [-0.39, 0.29) is 5.92 Å². The van der Waals surface area contributed by atoms with Crippen LogP contribution < -0.4 is 9.64 Å². The fraction of sp³-hybridized carbons (Fsp3) is 0.619. The van der Waals surface area contributed by atoms with Crippen LogP contribution in [0.4, 0.5) is 19.0 Å². The van der Waals surface area contributed by atoms with E-state index in [2.05, 4.69) is 55.3 Å². The Labute approximate surface area is 170 Å². The summed E-state index contributed by atoms with van der Waals surface area (Å²) in [5.41, 5.74) is 1.59. The van der Waals surface area contributed by atoms with Crippen molar-refractivity contribution in [2.45, 2.75) is 66.2 Å². The SMILES string of the molecule is CCCN(CCC(C)CC)c1cc(C(C)C)n(-c2ccc(OC(F)(F)F)nc2)n1. The van der Waals surface area contributed by atoms with Crippen molar-refractivity contribution in [3.8, 4) is 11.6 Å². The van der Waals surface area contributed by atoms with E-state index in [9.17, 15) is 13.2 Å². The Bertz CT molecular complexity index is 756. The van der Waals surface area contributed by atoms with Crippen LogP contribution in [0.5, 0.6) is 5.88 Å². The zero-order chi connectivity index (χ0) is 21.6. The molecular formula is C21H31F3N4O. The number of alkyl halides is 3. The molecule has 0 aromatic carbocycles. The molecule has 8 heteroatoms. The van der Waals surface area contributed by atoms with E-state index >= 15 is 0 Å². The van der Waals surface area contributed by atoms with Gasteiger partial charge in [-0.25, -0.2) is 9.67 Å². The van der Waals surface area contributed by atoms with E-state index in [1.807, 2.05) is 0 Å². The summed E-state index contributed by atoms with van der Waals surface area (Å²) < 4.78 is 42.7. The summed E-state index contributed by atoms with van der Waals surface area (Å²) in [5, 5.41) is 4.77. The van der Waals surface area contributed by atoms with E-state index in [4.69, 9.17) is 5.10 Å². The lowest BCUT2D eigenvalue weighted by Gasteiger charge is -2.23. The van der Waals surface area contributed by atoms with Crippen molar-refractivity contribution in [1.29, 1.82) is 0 Å². The molecule has 0 aliphatic heterocycles. The van der Waals surface area contributed by atoms with Crippen molar-refractivity contribution in [2.75, 3.05) is 18.0 Å². The average molecular weight is 413 g/mol. The van der Waals surface area contributed by atoms with Crippen molar-refractivity contribution in [1.82, 2.24) is 14.8 Å². The molecule has 162 valence electrons. The maximum Gasteiger partial charge on any atom is 0.574 e.